The Balaban J connectivity index is 2.44. The van der Waals surface area contributed by atoms with Crippen LogP contribution in [0.15, 0.2) is 28.9 Å². The summed E-state index contributed by atoms with van der Waals surface area (Å²) >= 11 is 8.93. The number of benzene rings is 1. The van der Waals surface area contributed by atoms with Crippen molar-refractivity contribution in [2.24, 2.45) is 0 Å². The molecule has 0 atom stereocenters. The van der Waals surface area contributed by atoms with Gasteiger partial charge < -0.3 is 4.98 Å². The third-order valence-corrected chi connectivity index (χ3v) is 2.90. The third-order valence-electron chi connectivity index (χ3n) is 1.96. The minimum absolute atomic E-state index is 0.283. The second-order valence-electron chi connectivity index (χ2n) is 3.01. The highest BCUT2D eigenvalue weighted by Gasteiger charge is 2.07. The summed E-state index contributed by atoms with van der Waals surface area (Å²) in [5.74, 6) is 0.776. The maximum Gasteiger partial charge on any atom is 0.138 e. The van der Waals surface area contributed by atoms with Gasteiger partial charge in [0.1, 0.15) is 11.6 Å². The summed E-state index contributed by atoms with van der Waals surface area (Å²) in [6, 6.07) is 4.46. The second kappa shape index (κ2) is 4.33. The van der Waals surface area contributed by atoms with Crippen LogP contribution in [0, 0.1) is 5.82 Å². The summed E-state index contributed by atoms with van der Waals surface area (Å²) in [5, 5.41) is 0. The molecule has 1 aromatic heterocycles. The molecule has 0 aliphatic heterocycles. The predicted molar refractivity (Wildman–Crippen MR) is 61.2 cm³/mol. The molecular weight excluding hydrogens is 282 g/mol. The van der Waals surface area contributed by atoms with Crippen molar-refractivity contribution in [3.8, 4) is 11.4 Å². The molecule has 0 saturated carbocycles. The monoisotopic (exact) mass is 288 g/mol. The van der Waals surface area contributed by atoms with Crippen LogP contribution < -0.4 is 0 Å². The van der Waals surface area contributed by atoms with Crippen LogP contribution in [0.5, 0.6) is 0 Å². The van der Waals surface area contributed by atoms with E-state index >= 15 is 0 Å². The highest BCUT2D eigenvalue weighted by Crippen LogP contribution is 2.26. The highest BCUT2D eigenvalue weighted by molar-refractivity contribution is 9.10. The molecule has 0 fully saturated rings. The van der Waals surface area contributed by atoms with Gasteiger partial charge in [0.25, 0.3) is 0 Å². The molecule has 0 bridgehead atoms. The van der Waals surface area contributed by atoms with E-state index in [2.05, 4.69) is 25.9 Å². The average molecular weight is 290 g/mol. The number of imidazole rings is 1. The van der Waals surface area contributed by atoms with Crippen molar-refractivity contribution < 1.29 is 4.39 Å². The van der Waals surface area contributed by atoms with Gasteiger partial charge in [0.05, 0.1) is 5.88 Å². The maximum absolute atomic E-state index is 12.9. The van der Waals surface area contributed by atoms with E-state index in [0.29, 0.717) is 16.2 Å². The van der Waals surface area contributed by atoms with E-state index in [1.54, 1.807) is 12.3 Å². The number of nitrogens with zero attached hydrogens (tertiary/aromatic N) is 1. The molecule has 2 nitrogen and oxygen atoms in total. The first kappa shape index (κ1) is 10.6. The van der Waals surface area contributed by atoms with E-state index in [4.69, 9.17) is 11.6 Å². The third kappa shape index (κ3) is 2.21. The van der Waals surface area contributed by atoms with E-state index in [9.17, 15) is 4.39 Å². The van der Waals surface area contributed by atoms with Crippen molar-refractivity contribution in [3.63, 3.8) is 0 Å². The molecule has 1 N–H and O–H groups in total. The number of aromatic nitrogens is 2. The number of hydrogen-bond acceptors (Lipinski definition) is 1. The minimum Gasteiger partial charge on any atom is -0.341 e. The van der Waals surface area contributed by atoms with Crippen molar-refractivity contribution >= 4 is 27.5 Å². The number of halogens is 3. The Kier molecular flexibility index (Phi) is 3.07. The van der Waals surface area contributed by atoms with Crippen LogP contribution in [-0.4, -0.2) is 9.97 Å². The van der Waals surface area contributed by atoms with Gasteiger partial charge in [-0.25, -0.2) is 9.37 Å². The summed E-state index contributed by atoms with van der Waals surface area (Å²) in [6.45, 7) is 0. The van der Waals surface area contributed by atoms with Gasteiger partial charge in [0.15, 0.2) is 0 Å². The van der Waals surface area contributed by atoms with Crippen LogP contribution in [0.25, 0.3) is 11.4 Å². The topological polar surface area (TPSA) is 28.7 Å². The fourth-order valence-corrected chi connectivity index (χ4v) is 1.92. The molecule has 78 valence electrons. The maximum atomic E-state index is 12.9. The van der Waals surface area contributed by atoms with Crippen LogP contribution in [0.1, 0.15) is 5.69 Å². The van der Waals surface area contributed by atoms with Gasteiger partial charge >= 0.3 is 0 Å². The van der Waals surface area contributed by atoms with Gasteiger partial charge in [-0.2, -0.15) is 0 Å². The Morgan fingerprint density at radius 2 is 2.27 bits per heavy atom. The molecule has 0 saturated heterocycles. The lowest BCUT2D eigenvalue weighted by Gasteiger charge is -2.00. The smallest absolute Gasteiger partial charge is 0.138 e. The van der Waals surface area contributed by atoms with E-state index in [-0.39, 0.29) is 5.82 Å². The Morgan fingerprint density at radius 3 is 2.87 bits per heavy atom. The first-order chi connectivity index (χ1) is 7.20. The predicted octanol–water partition coefficient (Wildman–Crippen LogP) is 3.72. The molecule has 1 heterocycles. The molecular formula is C10H7BrClFN2. The Morgan fingerprint density at radius 1 is 1.47 bits per heavy atom. The molecule has 0 aliphatic rings. The molecule has 0 radical (unpaired) electrons. The van der Waals surface area contributed by atoms with E-state index in [1.165, 1.54) is 12.1 Å². The van der Waals surface area contributed by atoms with Crippen LogP contribution in [-0.2, 0) is 5.88 Å². The Labute approximate surface area is 99.6 Å². The average Bonchev–Trinajstić information content (AvgIpc) is 2.66. The molecule has 0 unspecified atom stereocenters. The van der Waals surface area contributed by atoms with Crippen molar-refractivity contribution in [1.82, 2.24) is 9.97 Å². The number of nitrogens with one attached hydrogen (secondary N) is 1. The summed E-state index contributed by atoms with van der Waals surface area (Å²) in [7, 11) is 0. The van der Waals surface area contributed by atoms with Gasteiger partial charge in [-0.15, -0.1) is 11.6 Å². The fourth-order valence-electron chi connectivity index (χ4n) is 1.25. The summed E-state index contributed by atoms with van der Waals surface area (Å²) in [5.41, 5.74) is 1.65. The second-order valence-corrected chi connectivity index (χ2v) is 4.14. The van der Waals surface area contributed by atoms with Crippen LogP contribution in [0.2, 0.25) is 0 Å². The lowest BCUT2D eigenvalue weighted by Crippen LogP contribution is -1.84. The van der Waals surface area contributed by atoms with Crippen LogP contribution >= 0.6 is 27.5 Å². The number of H-pyrrole nitrogens is 1. The SMILES string of the molecule is Fc1ccc(-c2ncc(CCl)[nH]2)c(Br)c1. The lowest BCUT2D eigenvalue weighted by atomic mass is 10.2. The molecule has 0 spiro atoms. The molecule has 0 amide bonds. The number of aromatic amines is 1. The first-order valence-electron chi connectivity index (χ1n) is 4.26. The Bertz CT molecular complexity index is 484. The van der Waals surface area contributed by atoms with Gasteiger partial charge in [-0.3, -0.25) is 0 Å². The molecule has 2 rings (SSSR count). The van der Waals surface area contributed by atoms with Gasteiger partial charge in [-0.1, -0.05) is 0 Å². The number of hydrogen-bond donors (Lipinski definition) is 1. The van der Waals surface area contributed by atoms with Crippen molar-refractivity contribution in [2.75, 3.05) is 0 Å². The van der Waals surface area contributed by atoms with E-state index in [1.807, 2.05) is 0 Å². The van der Waals surface area contributed by atoms with Crippen LogP contribution in [0.3, 0.4) is 0 Å². The number of rotatable bonds is 2. The highest BCUT2D eigenvalue weighted by atomic mass is 79.9. The van der Waals surface area contributed by atoms with Crippen molar-refractivity contribution in [3.05, 3.63) is 40.4 Å². The normalized spacial score (nSPS) is 10.6. The quantitative estimate of drug-likeness (QED) is 0.839. The van der Waals surface area contributed by atoms with Gasteiger partial charge in [-0.05, 0) is 34.1 Å². The lowest BCUT2D eigenvalue weighted by molar-refractivity contribution is 0.627. The molecule has 1 aromatic carbocycles. The molecule has 2 aromatic rings. The van der Waals surface area contributed by atoms with Crippen LogP contribution in [0.4, 0.5) is 4.39 Å². The first-order valence-corrected chi connectivity index (χ1v) is 5.58. The van der Waals surface area contributed by atoms with Crippen molar-refractivity contribution in [1.29, 1.82) is 0 Å². The fraction of sp³-hybridized carbons (Fsp3) is 0.100. The zero-order valence-corrected chi connectivity index (χ0v) is 9.94. The summed E-state index contributed by atoms with van der Waals surface area (Å²) in [6.07, 6.45) is 1.66. The molecule has 15 heavy (non-hydrogen) atoms. The minimum atomic E-state index is -0.283. The summed E-state index contributed by atoms with van der Waals surface area (Å²) < 4.78 is 13.5. The molecule has 0 aliphatic carbocycles. The Hall–Kier alpha value is -0.870. The van der Waals surface area contributed by atoms with Gasteiger partial charge in [0, 0.05) is 21.9 Å². The summed E-state index contributed by atoms with van der Waals surface area (Å²) in [4.78, 5) is 7.20. The largest absolute Gasteiger partial charge is 0.341 e. The van der Waals surface area contributed by atoms with Crippen molar-refractivity contribution in [2.45, 2.75) is 5.88 Å². The molecule has 5 heteroatoms. The van der Waals surface area contributed by atoms with Gasteiger partial charge in [0.2, 0.25) is 0 Å². The zero-order valence-electron chi connectivity index (χ0n) is 7.60. The zero-order chi connectivity index (χ0) is 10.8. The standard InChI is InChI=1S/C10H7BrClFN2/c11-9-3-6(13)1-2-8(9)10-14-5-7(4-12)15-10/h1-3,5H,4H2,(H,14,15). The number of alkyl halides is 1. The van der Waals surface area contributed by atoms with E-state index in [0.717, 1.165) is 11.3 Å². The van der Waals surface area contributed by atoms with E-state index < -0.39 is 0 Å².